The molecule has 2 aliphatic rings. The van der Waals surface area contributed by atoms with Crippen LogP contribution in [0.2, 0.25) is 0 Å². The topological polar surface area (TPSA) is 64.2 Å². The second kappa shape index (κ2) is 10.7. The SMILES string of the molecule is CN(Cc1ccccc1)C(=O)CN1CN(c2ccccc2)C2(CCN(C(=O)c3cccc(F)c3)CC2)C1=O. The van der Waals surface area contributed by atoms with E-state index in [1.807, 2.05) is 60.7 Å². The molecular formula is C30H31FN4O3. The van der Waals surface area contributed by atoms with Crippen LogP contribution in [0.25, 0.3) is 0 Å². The minimum Gasteiger partial charge on any atom is -0.340 e. The largest absolute Gasteiger partial charge is 0.340 e. The zero-order valence-electron chi connectivity index (χ0n) is 21.4. The van der Waals surface area contributed by atoms with E-state index in [0.29, 0.717) is 44.7 Å². The number of rotatable bonds is 6. The summed E-state index contributed by atoms with van der Waals surface area (Å²) in [4.78, 5) is 47.1. The van der Waals surface area contributed by atoms with Crippen LogP contribution >= 0.6 is 0 Å². The molecule has 2 fully saturated rings. The standard InChI is InChI=1S/C30H31FN4O3/c1-32(20-23-9-4-2-5-10-23)27(36)21-34-22-35(26-13-6-3-7-14-26)30(29(34)38)15-17-33(18-16-30)28(37)24-11-8-12-25(31)19-24/h2-14,19H,15-18,20-22H2,1H3. The highest BCUT2D eigenvalue weighted by atomic mass is 19.1. The quantitative estimate of drug-likeness (QED) is 0.503. The average Bonchev–Trinajstić information content (AvgIpc) is 3.20. The third-order valence-corrected chi connectivity index (χ3v) is 7.55. The van der Waals surface area contributed by atoms with Gasteiger partial charge in [0.05, 0.1) is 6.67 Å². The van der Waals surface area contributed by atoms with Gasteiger partial charge in [0.2, 0.25) is 5.91 Å². The van der Waals surface area contributed by atoms with E-state index in [1.165, 1.54) is 18.2 Å². The smallest absolute Gasteiger partial charge is 0.253 e. The molecule has 0 aromatic heterocycles. The van der Waals surface area contributed by atoms with Crippen LogP contribution in [0.4, 0.5) is 10.1 Å². The highest BCUT2D eigenvalue weighted by Crippen LogP contribution is 2.39. The Labute approximate surface area is 222 Å². The maximum Gasteiger partial charge on any atom is 0.253 e. The number of carbonyl (C=O) groups is 3. The number of anilines is 1. The molecule has 0 unspecified atom stereocenters. The second-order valence-corrected chi connectivity index (χ2v) is 9.98. The summed E-state index contributed by atoms with van der Waals surface area (Å²) < 4.78 is 13.7. The molecule has 3 aromatic rings. The van der Waals surface area contributed by atoms with Crippen molar-refractivity contribution in [1.29, 1.82) is 0 Å². The summed E-state index contributed by atoms with van der Waals surface area (Å²) in [5, 5.41) is 0. The van der Waals surface area contributed by atoms with Gasteiger partial charge in [-0.1, -0.05) is 54.6 Å². The number of hydrogen-bond donors (Lipinski definition) is 0. The third kappa shape index (κ3) is 4.98. The van der Waals surface area contributed by atoms with E-state index in [9.17, 15) is 18.8 Å². The molecule has 3 aromatic carbocycles. The van der Waals surface area contributed by atoms with E-state index in [1.54, 1.807) is 27.8 Å². The predicted octanol–water partition coefficient (Wildman–Crippen LogP) is 3.77. The molecule has 7 nitrogen and oxygen atoms in total. The number of amides is 3. The molecule has 1 spiro atoms. The molecule has 8 heteroatoms. The third-order valence-electron chi connectivity index (χ3n) is 7.55. The van der Waals surface area contributed by atoms with Crippen LogP contribution in [0.15, 0.2) is 84.9 Å². The van der Waals surface area contributed by atoms with Crippen molar-refractivity contribution in [1.82, 2.24) is 14.7 Å². The normalized spacial score (nSPS) is 16.7. The lowest BCUT2D eigenvalue weighted by molar-refractivity contribution is -0.140. The van der Waals surface area contributed by atoms with Gasteiger partial charge in [0.1, 0.15) is 17.9 Å². The van der Waals surface area contributed by atoms with Gasteiger partial charge < -0.3 is 19.6 Å². The van der Waals surface area contributed by atoms with Crippen LogP contribution in [0, 0.1) is 5.82 Å². The summed E-state index contributed by atoms with van der Waals surface area (Å²) in [6.07, 6.45) is 0.846. The van der Waals surface area contributed by atoms with Crippen molar-refractivity contribution in [2.24, 2.45) is 0 Å². The molecule has 196 valence electrons. The Morgan fingerprint density at radius 2 is 1.58 bits per heavy atom. The van der Waals surface area contributed by atoms with E-state index < -0.39 is 11.4 Å². The molecule has 0 bridgehead atoms. The molecule has 3 amide bonds. The van der Waals surface area contributed by atoms with Gasteiger partial charge in [-0.15, -0.1) is 0 Å². The molecule has 0 atom stereocenters. The number of likely N-dealkylation sites (N-methyl/N-ethyl adjacent to an activating group) is 1. The monoisotopic (exact) mass is 514 g/mol. The van der Waals surface area contributed by atoms with E-state index in [0.717, 1.165) is 11.3 Å². The summed E-state index contributed by atoms with van der Waals surface area (Å²) in [7, 11) is 1.75. The Balaban J connectivity index is 1.33. The minimum atomic E-state index is -0.849. The molecule has 38 heavy (non-hydrogen) atoms. The second-order valence-electron chi connectivity index (χ2n) is 9.98. The van der Waals surface area contributed by atoms with E-state index in [2.05, 4.69) is 4.90 Å². The van der Waals surface area contributed by atoms with Crippen molar-refractivity contribution in [2.75, 3.05) is 38.3 Å². The lowest BCUT2D eigenvalue weighted by Crippen LogP contribution is -2.57. The fourth-order valence-electron chi connectivity index (χ4n) is 5.44. The Morgan fingerprint density at radius 1 is 0.921 bits per heavy atom. The highest BCUT2D eigenvalue weighted by Gasteiger charge is 2.54. The maximum atomic E-state index is 13.9. The van der Waals surface area contributed by atoms with Gasteiger partial charge in [0.25, 0.3) is 11.8 Å². The van der Waals surface area contributed by atoms with Crippen LogP contribution in [0.3, 0.4) is 0 Å². The summed E-state index contributed by atoms with van der Waals surface area (Å²) in [5.74, 6) is -0.930. The molecule has 0 radical (unpaired) electrons. The number of benzene rings is 3. The lowest BCUT2D eigenvalue weighted by atomic mass is 9.85. The van der Waals surface area contributed by atoms with Crippen molar-refractivity contribution in [3.8, 4) is 0 Å². The predicted molar refractivity (Wildman–Crippen MR) is 143 cm³/mol. The minimum absolute atomic E-state index is 0.0147. The van der Waals surface area contributed by atoms with Crippen molar-refractivity contribution < 1.29 is 18.8 Å². The first kappa shape index (κ1) is 25.4. The molecule has 2 heterocycles. The fourth-order valence-corrected chi connectivity index (χ4v) is 5.44. The average molecular weight is 515 g/mol. The van der Waals surface area contributed by atoms with E-state index in [4.69, 9.17) is 0 Å². The lowest BCUT2D eigenvalue weighted by Gasteiger charge is -2.43. The summed E-state index contributed by atoms with van der Waals surface area (Å²) in [6.45, 7) is 1.47. The first-order valence-corrected chi connectivity index (χ1v) is 12.8. The van der Waals surface area contributed by atoms with Gasteiger partial charge in [-0.3, -0.25) is 14.4 Å². The zero-order valence-corrected chi connectivity index (χ0v) is 21.4. The maximum absolute atomic E-state index is 13.9. The van der Waals surface area contributed by atoms with Crippen LogP contribution in [-0.2, 0) is 16.1 Å². The molecule has 2 aliphatic heterocycles. The van der Waals surface area contributed by atoms with Gasteiger partial charge in [-0.2, -0.15) is 0 Å². The molecular weight excluding hydrogens is 483 g/mol. The van der Waals surface area contributed by atoms with Gasteiger partial charge in [0.15, 0.2) is 0 Å². The first-order chi connectivity index (χ1) is 18.4. The summed E-state index contributed by atoms with van der Waals surface area (Å²) >= 11 is 0. The molecule has 2 saturated heterocycles. The van der Waals surface area contributed by atoms with Gasteiger partial charge in [0, 0.05) is 37.9 Å². The van der Waals surface area contributed by atoms with Crippen LogP contribution in [0.1, 0.15) is 28.8 Å². The van der Waals surface area contributed by atoms with Crippen LogP contribution < -0.4 is 4.90 Å². The Hall–Kier alpha value is -4.20. The number of hydrogen-bond acceptors (Lipinski definition) is 4. The number of para-hydroxylation sites is 1. The molecule has 0 saturated carbocycles. The van der Waals surface area contributed by atoms with E-state index >= 15 is 0 Å². The summed E-state index contributed by atoms with van der Waals surface area (Å²) in [6, 6.07) is 25.1. The Bertz CT molecular complexity index is 1310. The molecule has 0 N–H and O–H groups in total. The fraction of sp³-hybridized carbons (Fsp3) is 0.300. The highest BCUT2D eigenvalue weighted by molar-refractivity contribution is 5.97. The van der Waals surface area contributed by atoms with Crippen molar-refractivity contribution in [3.05, 3.63) is 102 Å². The number of carbonyl (C=O) groups excluding carboxylic acids is 3. The summed E-state index contributed by atoms with van der Waals surface area (Å²) in [5.41, 5.74) is 1.37. The first-order valence-electron chi connectivity index (χ1n) is 12.8. The van der Waals surface area contributed by atoms with Crippen molar-refractivity contribution >= 4 is 23.4 Å². The zero-order chi connectivity index (χ0) is 26.7. The Morgan fingerprint density at radius 3 is 2.24 bits per heavy atom. The van der Waals surface area contributed by atoms with Gasteiger partial charge >= 0.3 is 0 Å². The van der Waals surface area contributed by atoms with Crippen LogP contribution in [0.5, 0.6) is 0 Å². The molecule has 0 aliphatic carbocycles. The number of nitrogens with zero attached hydrogens (tertiary/aromatic N) is 4. The molecule has 5 rings (SSSR count). The van der Waals surface area contributed by atoms with E-state index in [-0.39, 0.29) is 24.3 Å². The number of piperidine rings is 1. The van der Waals surface area contributed by atoms with Gasteiger partial charge in [-0.05, 0) is 48.7 Å². The Kier molecular flexibility index (Phi) is 7.13. The van der Waals surface area contributed by atoms with Gasteiger partial charge in [-0.25, -0.2) is 4.39 Å². The van der Waals surface area contributed by atoms with Crippen LogP contribution in [-0.4, -0.2) is 71.3 Å². The van der Waals surface area contributed by atoms with Crippen molar-refractivity contribution in [3.63, 3.8) is 0 Å². The van der Waals surface area contributed by atoms with Crippen molar-refractivity contribution in [2.45, 2.75) is 24.9 Å². The number of likely N-dealkylation sites (tertiary alicyclic amines) is 1. The number of halogens is 1.